The molecule has 3 aromatic rings. The van der Waals surface area contributed by atoms with Crippen molar-refractivity contribution in [2.45, 2.75) is 31.1 Å². The first-order valence-electron chi connectivity index (χ1n) is 10.6. The van der Waals surface area contributed by atoms with Crippen LogP contribution in [0.2, 0.25) is 0 Å². The number of nitrogens with zero attached hydrogens (tertiary/aromatic N) is 3. The van der Waals surface area contributed by atoms with E-state index in [9.17, 15) is 8.42 Å². The van der Waals surface area contributed by atoms with E-state index >= 15 is 0 Å². The van der Waals surface area contributed by atoms with Crippen LogP contribution in [-0.4, -0.2) is 41.7 Å². The Morgan fingerprint density at radius 2 is 1.91 bits per heavy atom. The Balaban J connectivity index is 1.53. The van der Waals surface area contributed by atoms with Gasteiger partial charge in [-0.1, -0.05) is 18.6 Å². The Labute approximate surface area is 194 Å². The number of thiocarbonyl (C=S) groups is 1. The Morgan fingerprint density at radius 1 is 1.12 bits per heavy atom. The second-order valence-electron chi connectivity index (χ2n) is 8.03. The van der Waals surface area contributed by atoms with Crippen LogP contribution < -0.4 is 10.7 Å². The van der Waals surface area contributed by atoms with E-state index in [0.717, 1.165) is 47.0 Å². The molecule has 2 heterocycles. The van der Waals surface area contributed by atoms with Gasteiger partial charge in [0.05, 0.1) is 11.1 Å². The van der Waals surface area contributed by atoms with E-state index in [-0.39, 0.29) is 0 Å². The number of hydrazone groups is 1. The third kappa shape index (κ3) is 4.85. The average molecular weight is 470 g/mol. The maximum atomic E-state index is 13.1. The van der Waals surface area contributed by atoms with Gasteiger partial charge in [0.15, 0.2) is 5.11 Å². The van der Waals surface area contributed by atoms with Gasteiger partial charge in [0.25, 0.3) is 0 Å². The van der Waals surface area contributed by atoms with Crippen molar-refractivity contribution in [1.29, 1.82) is 0 Å². The number of rotatable bonds is 5. The molecular formula is C23H27N5O2S2. The van der Waals surface area contributed by atoms with E-state index in [0.29, 0.717) is 23.1 Å². The number of benzene rings is 2. The molecule has 1 saturated heterocycles. The molecule has 9 heteroatoms. The summed E-state index contributed by atoms with van der Waals surface area (Å²) in [5.74, 6) is 0. The number of sulfonamides is 1. The van der Waals surface area contributed by atoms with Crippen molar-refractivity contribution in [2.24, 2.45) is 12.1 Å². The summed E-state index contributed by atoms with van der Waals surface area (Å²) in [7, 11) is -1.57. The molecule has 32 heavy (non-hydrogen) atoms. The SMILES string of the molecule is Cc1cccc(NC(=S)NN=Cc2cn(C)c3ccc(S(=O)(=O)N4CCCCC4)cc23)c1. The van der Waals surface area contributed by atoms with Crippen LogP contribution in [0.1, 0.15) is 30.4 Å². The minimum absolute atomic E-state index is 0.317. The smallest absolute Gasteiger partial charge is 0.243 e. The van der Waals surface area contributed by atoms with Gasteiger partial charge >= 0.3 is 0 Å². The van der Waals surface area contributed by atoms with Crippen LogP contribution in [0.25, 0.3) is 10.9 Å². The first kappa shape index (κ1) is 22.4. The van der Waals surface area contributed by atoms with Crippen LogP contribution in [0.3, 0.4) is 0 Å². The van der Waals surface area contributed by atoms with E-state index in [2.05, 4.69) is 15.8 Å². The Bertz CT molecular complexity index is 1270. The van der Waals surface area contributed by atoms with E-state index in [1.807, 2.05) is 55.1 Å². The van der Waals surface area contributed by atoms with Gasteiger partial charge in [-0.05, 0) is 67.9 Å². The fourth-order valence-corrected chi connectivity index (χ4v) is 5.68. The van der Waals surface area contributed by atoms with Gasteiger partial charge in [-0.25, -0.2) is 8.42 Å². The molecule has 2 N–H and O–H groups in total. The lowest BCUT2D eigenvalue weighted by Crippen LogP contribution is -2.35. The minimum atomic E-state index is -3.50. The van der Waals surface area contributed by atoms with Gasteiger partial charge in [-0.15, -0.1) is 0 Å². The number of fused-ring (bicyclic) bond motifs is 1. The lowest BCUT2D eigenvalue weighted by molar-refractivity contribution is 0.346. The highest BCUT2D eigenvalue weighted by molar-refractivity contribution is 7.89. The third-order valence-electron chi connectivity index (χ3n) is 5.59. The van der Waals surface area contributed by atoms with Gasteiger partial charge < -0.3 is 9.88 Å². The van der Waals surface area contributed by atoms with Gasteiger partial charge in [-0.3, -0.25) is 5.43 Å². The number of aryl methyl sites for hydroxylation is 2. The van der Waals surface area contributed by atoms with Crippen LogP contribution >= 0.6 is 12.2 Å². The van der Waals surface area contributed by atoms with Crippen LogP contribution in [0, 0.1) is 6.92 Å². The molecule has 1 fully saturated rings. The highest BCUT2D eigenvalue weighted by Gasteiger charge is 2.26. The molecule has 0 unspecified atom stereocenters. The molecule has 0 spiro atoms. The molecule has 1 aliphatic rings. The molecular weight excluding hydrogens is 442 g/mol. The fraction of sp³-hybridized carbons (Fsp3) is 0.304. The Kier molecular flexibility index (Phi) is 6.59. The van der Waals surface area contributed by atoms with Gasteiger partial charge in [0.1, 0.15) is 0 Å². The number of anilines is 1. The van der Waals surface area contributed by atoms with E-state index in [1.165, 1.54) is 0 Å². The first-order chi connectivity index (χ1) is 15.3. The van der Waals surface area contributed by atoms with Crippen LogP contribution in [-0.2, 0) is 17.1 Å². The molecule has 0 amide bonds. The normalized spacial score (nSPS) is 15.3. The summed E-state index contributed by atoms with van der Waals surface area (Å²) in [6.45, 7) is 3.18. The predicted molar refractivity (Wildman–Crippen MR) is 134 cm³/mol. The summed E-state index contributed by atoms with van der Waals surface area (Å²) in [6, 6.07) is 13.2. The van der Waals surface area contributed by atoms with E-state index in [1.54, 1.807) is 22.7 Å². The number of piperidine rings is 1. The maximum absolute atomic E-state index is 13.1. The molecule has 4 rings (SSSR count). The zero-order valence-electron chi connectivity index (χ0n) is 18.2. The lowest BCUT2D eigenvalue weighted by Gasteiger charge is -2.25. The molecule has 168 valence electrons. The molecule has 0 saturated carbocycles. The zero-order valence-corrected chi connectivity index (χ0v) is 19.8. The minimum Gasteiger partial charge on any atom is -0.350 e. The van der Waals surface area contributed by atoms with Gasteiger partial charge in [0.2, 0.25) is 10.0 Å². The monoisotopic (exact) mass is 469 g/mol. The summed E-state index contributed by atoms with van der Waals surface area (Å²) < 4.78 is 29.7. The van der Waals surface area contributed by atoms with Crippen molar-refractivity contribution < 1.29 is 8.42 Å². The first-order valence-corrected chi connectivity index (χ1v) is 12.5. The molecule has 0 radical (unpaired) electrons. The summed E-state index contributed by atoms with van der Waals surface area (Å²) in [4.78, 5) is 0.317. The van der Waals surface area contributed by atoms with Crippen molar-refractivity contribution >= 4 is 50.2 Å². The van der Waals surface area contributed by atoms with E-state index in [4.69, 9.17) is 12.2 Å². The molecule has 0 aliphatic carbocycles. The standard InChI is InChI=1S/C23H27N5O2S2/c1-17-7-6-8-19(13-17)25-23(31)26-24-15-18-16-27(2)22-10-9-20(14-21(18)22)32(29,30)28-11-4-3-5-12-28/h6-10,13-16H,3-5,11-12H2,1-2H3,(H2,25,26,31). The third-order valence-corrected chi connectivity index (χ3v) is 7.68. The maximum Gasteiger partial charge on any atom is 0.243 e. The van der Waals surface area contributed by atoms with Crippen molar-refractivity contribution in [1.82, 2.24) is 14.3 Å². The Morgan fingerprint density at radius 3 is 2.66 bits per heavy atom. The molecule has 1 aliphatic heterocycles. The average Bonchev–Trinajstić information content (AvgIpc) is 3.09. The van der Waals surface area contributed by atoms with Gasteiger partial charge in [0, 0.05) is 48.5 Å². The lowest BCUT2D eigenvalue weighted by atomic mass is 10.2. The quantitative estimate of drug-likeness (QED) is 0.336. The molecule has 0 bridgehead atoms. The van der Waals surface area contributed by atoms with Crippen LogP contribution in [0.4, 0.5) is 5.69 Å². The number of aromatic nitrogens is 1. The van der Waals surface area contributed by atoms with Crippen molar-refractivity contribution in [3.05, 3.63) is 59.8 Å². The number of hydrogen-bond acceptors (Lipinski definition) is 4. The predicted octanol–water partition coefficient (Wildman–Crippen LogP) is 3.98. The van der Waals surface area contributed by atoms with Crippen LogP contribution in [0.15, 0.2) is 58.7 Å². The highest BCUT2D eigenvalue weighted by Crippen LogP contribution is 2.26. The Hall–Kier alpha value is -2.75. The van der Waals surface area contributed by atoms with Crippen molar-refractivity contribution in [3.63, 3.8) is 0 Å². The molecule has 2 aromatic carbocycles. The summed E-state index contributed by atoms with van der Waals surface area (Å²) in [5.41, 5.74) is 6.58. The molecule has 7 nitrogen and oxygen atoms in total. The summed E-state index contributed by atoms with van der Waals surface area (Å²) >= 11 is 5.31. The van der Waals surface area contributed by atoms with E-state index < -0.39 is 10.0 Å². The second-order valence-corrected chi connectivity index (χ2v) is 10.4. The summed E-state index contributed by atoms with van der Waals surface area (Å²) in [6.07, 6.45) is 6.48. The van der Waals surface area contributed by atoms with Gasteiger partial charge in [-0.2, -0.15) is 9.41 Å². The van der Waals surface area contributed by atoms with Crippen molar-refractivity contribution in [2.75, 3.05) is 18.4 Å². The topological polar surface area (TPSA) is 78.7 Å². The van der Waals surface area contributed by atoms with Crippen LogP contribution in [0.5, 0.6) is 0 Å². The van der Waals surface area contributed by atoms with Crippen molar-refractivity contribution in [3.8, 4) is 0 Å². The largest absolute Gasteiger partial charge is 0.350 e. The highest BCUT2D eigenvalue weighted by atomic mass is 32.2. The molecule has 1 aromatic heterocycles. The number of nitrogens with one attached hydrogen (secondary N) is 2. The molecule has 0 atom stereocenters. The second kappa shape index (κ2) is 9.40. The summed E-state index contributed by atoms with van der Waals surface area (Å²) in [5, 5.41) is 8.55. The fourth-order valence-electron chi connectivity index (χ4n) is 3.96. The zero-order chi connectivity index (χ0) is 22.7. The number of hydrogen-bond donors (Lipinski definition) is 2.